The van der Waals surface area contributed by atoms with Crippen molar-refractivity contribution in [3.8, 4) is 0 Å². The highest BCUT2D eigenvalue weighted by Crippen LogP contribution is 2.61. The number of hydrogen-bond donors (Lipinski definition) is 2. The number of nitrogens with one attached hydrogen (secondary N) is 1. The Bertz CT molecular complexity index is 349. The number of rotatable bonds is 5. The number of amides is 1. The third kappa shape index (κ3) is 3.08. The maximum absolute atomic E-state index is 12.2. The monoisotopic (exact) mass is 316 g/mol. The normalized spacial score (nSPS) is 39.5. The van der Waals surface area contributed by atoms with E-state index in [1.54, 1.807) is 7.11 Å². The molecule has 0 aromatic rings. The molecule has 2 atom stereocenters. The molecule has 0 spiro atoms. The van der Waals surface area contributed by atoms with Crippen LogP contribution in [0.25, 0.3) is 0 Å². The molecule has 0 aliphatic heterocycles. The van der Waals surface area contributed by atoms with Crippen LogP contribution in [0.4, 0.5) is 0 Å². The van der Waals surface area contributed by atoms with Crippen molar-refractivity contribution in [2.24, 2.45) is 28.9 Å². The van der Waals surface area contributed by atoms with E-state index >= 15 is 0 Å². The first-order valence-corrected chi connectivity index (χ1v) is 8.09. The van der Waals surface area contributed by atoms with Crippen molar-refractivity contribution in [3.63, 3.8) is 0 Å². The Labute approximate surface area is 134 Å². The lowest BCUT2D eigenvalue weighted by molar-refractivity contribution is -0.135. The van der Waals surface area contributed by atoms with Crippen molar-refractivity contribution >= 4 is 18.3 Å². The lowest BCUT2D eigenvalue weighted by Gasteiger charge is -2.59. The Kier molecular flexibility index (Phi) is 5.22. The van der Waals surface area contributed by atoms with Gasteiger partial charge in [-0.05, 0) is 68.6 Å². The minimum atomic E-state index is -0.508. The molecule has 5 heteroatoms. The van der Waals surface area contributed by atoms with Crippen molar-refractivity contribution in [1.29, 1.82) is 0 Å². The molecule has 4 aliphatic rings. The summed E-state index contributed by atoms with van der Waals surface area (Å²) in [6, 6.07) is 0.243. The molecule has 4 saturated carbocycles. The summed E-state index contributed by atoms with van der Waals surface area (Å²) in [6.07, 6.45) is 7.71. The van der Waals surface area contributed by atoms with E-state index in [2.05, 4.69) is 12.2 Å². The fourth-order valence-corrected chi connectivity index (χ4v) is 5.48. The summed E-state index contributed by atoms with van der Waals surface area (Å²) in [5, 5.41) is 3.19. The molecule has 21 heavy (non-hydrogen) atoms. The first-order valence-electron chi connectivity index (χ1n) is 8.09. The molecule has 3 N–H and O–H groups in total. The predicted octanol–water partition coefficient (Wildman–Crippen LogP) is 2.10. The summed E-state index contributed by atoms with van der Waals surface area (Å²) in [6.45, 7) is 2.43. The van der Waals surface area contributed by atoms with Crippen LogP contribution in [0.5, 0.6) is 0 Å². The molecule has 2 unspecified atom stereocenters. The van der Waals surface area contributed by atoms with Crippen LogP contribution in [0.3, 0.4) is 0 Å². The van der Waals surface area contributed by atoms with Gasteiger partial charge in [-0.15, -0.1) is 12.4 Å². The van der Waals surface area contributed by atoms with Gasteiger partial charge in [0.05, 0.1) is 0 Å². The quantitative estimate of drug-likeness (QED) is 0.816. The second-order valence-electron chi connectivity index (χ2n) is 7.47. The Balaban J connectivity index is 0.00000161. The lowest BCUT2D eigenvalue weighted by atomic mass is 9.48. The summed E-state index contributed by atoms with van der Waals surface area (Å²) < 4.78 is 5.14. The van der Waals surface area contributed by atoms with E-state index in [9.17, 15) is 4.79 Å². The minimum absolute atomic E-state index is 0. The second kappa shape index (κ2) is 6.43. The van der Waals surface area contributed by atoms with Crippen molar-refractivity contribution in [2.75, 3.05) is 13.7 Å². The van der Waals surface area contributed by atoms with Gasteiger partial charge in [-0.1, -0.05) is 0 Å². The number of carbonyl (C=O) groups is 1. The summed E-state index contributed by atoms with van der Waals surface area (Å²) >= 11 is 0. The Morgan fingerprint density at radius 2 is 1.71 bits per heavy atom. The molecule has 4 bridgehead atoms. The molecular formula is C16H29ClN2O2. The van der Waals surface area contributed by atoms with E-state index in [4.69, 9.17) is 10.5 Å². The second-order valence-corrected chi connectivity index (χ2v) is 7.47. The number of carbonyl (C=O) groups excluding carboxylic acids is 1. The van der Waals surface area contributed by atoms with Gasteiger partial charge in [0.2, 0.25) is 0 Å². The number of ether oxygens (including phenoxy) is 1. The van der Waals surface area contributed by atoms with Gasteiger partial charge >= 0.3 is 0 Å². The molecule has 0 aromatic carbocycles. The molecule has 4 nitrogen and oxygen atoms in total. The smallest absolute Gasteiger partial charge is 0.250 e. The minimum Gasteiger partial charge on any atom is -0.370 e. The summed E-state index contributed by atoms with van der Waals surface area (Å²) in [5.74, 6) is 2.69. The van der Waals surface area contributed by atoms with Crippen molar-refractivity contribution in [1.82, 2.24) is 5.32 Å². The topological polar surface area (TPSA) is 64.3 Å². The third-order valence-electron chi connectivity index (χ3n) is 6.15. The molecule has 4 rings (SSSR count). The summed E-state index contributed by atoms with van der Waals surface area (Å²) in [4.78, 5) is 12.2. The highest BCUT2D eigenvalue weighted by atomic mass is 35.5. The largest absolute Gasteiger partial charge is 0.370 e. The molecule has 0 heterocycles. The maximum Gasteiger partial charge on any atom is 0.250 e. The van der Waals surface area contributed by atoms with Crippen LogP contribution in [0.2, 0.25) is 0 Å². The fraction of sp³-hybridized carbons (Fsp3) is 0.938. The highest BCUT2D eigenvalue weighted by Gasteiger charge is 2.53. The van der Waals surface area contributed by atoms with Gasteiger partial charge in [0.25, 0.3) is 5.91 Å². The fourth-order valence-electron chi connectivity index (χ4n) is 5.48. The zero-order valence-electron chi connectivity index (χ0n) is 13.1. The first kappa shape index (κ1) is 17.0. The average Bonchev–Trinajstić information content (AvgIpc) is 2.38. The van der Waals surface area contributed by atoms with Gasteiger partial charge in [0.1, 0.15) is 6.10 Å². The summed E-state index contributed by atoms with van der Waals surface area (Å²) in [5.41, 5.74) is 5.92. The van der Waals surface area contributed by atoms with Crippen LogP contribution in [0.1, 0.15) is 45.4 Å². The first-order chi connectivity index (χ1) is 9.56. The molecule has 4 fully saturated rings. The number of halogens is 1. The Morgan fingerprint density at radius 1 is 1.24 bits per heavy atom. The molecule has 122 valence electrons. The Morgan fingerprint density at radius 3 is 2.10 bits per heavy atom. The third-order valence-corrected chi connectivity index (χ3v) is 6.15. The molecule has 1 amide bonds. The van der Waals surface area contributed by atoms with Gasteiger partial charge in [0.15, 0.2) is 0 Å². The zero-order chi connectivity index (χ0) is 14.3. The molecular weight excluding hydrogens is 288 g/mol. The van der Waals surface area contributed by atoms with E-state index in [-0.39, 0.29) is 30.9 Å². The van der Waals surface area contributed by atoms with Crippen LogP contribution in [-0.4, -0.2) is 31.7 Å². The van der Waals surface area contributed by atoms with E-state index in [1.165, 1.54) is 38.5 Å². The zero-order valence-corrected chi connectivity index (χ0v) is 14.0. The van der Waals surface area contributed by atoms with E-state index in [0.29, 0.717) is 5.41 Å². The van der Waals surface area contributed by atoms with Crippen LogP contribution in [0, 0.1) is 23.2 Å². The van der Waals surface area contributed by atoms with Crippen LogP contribution >= 0.6 is 12.4 Å². The summed E-state index contributed by atoms with van der Waals surface area (Å²) in [7, 11) is 1.55. The SMILES string of the molecule is COC(CN)C(=O)NC(C)C12CC3CC(CC(C3)C1)C2.Cl. The highest BCUT2D eigenvalue weighted by molar-refractivity contribution is 5.85. The molecule has 0 saturated heterocycles. The average molecular weight is 317 g/mol. The van der Waals surface area contributed by atoms with Gasteiger partial charge in [-0.25, -0.2) is 0 Å². The number of nitrogens with two attached hydrogens (primary N) is 1. The van der Waals surface area contributed by atoms with Crippen molar-refractivity contribution in [3.05, 3.63) is 0 Å². The van der Waals surface area contributed by atoms with E-state index in [1.807, 2.05) is 0 Å². The van der Waals surface area contributed by atoms with E-state index in [0.717, 1.165) is 17.8 Å². The maximum atomic E-state index is 12.2. The van der Waals surface area contributed by atoms with Crippen molar-refractivity contribution in [2.45, 2.75) is 57.6 Å². The van der Waals surface area contributed by atoms with E-state index < -0.39 is 6.10 Å². The predicted molar refractivity (Wildman–Crippen MR) is 85.3 cm³/mol. The molecule has 4 aliphatic carbocycles. The lowest BCUT2D eigenvalue weighted by Crippen LogP contribution is -2.57. The van der Waals surface area contributed by atoms with Gasteiger partial charge < -0.3 is 15.8 Å². The van der Waals surface area contributed by atoms with Gasteiger partial charge in [-0.3, -0.25) is 4.79 Å². The van der Waals surface area contributed by atoms with Crippen LogP contribution in [-0.2, 0) is 9.53 Å². The van der Waals surface area contributed by atoms with Crippen molar-refractivity contribution < 1.29 is 9.53 Å². The van der Waals surface area contributed by atoms with Crippen LogP contribution < -0.4 is 11.1 Å². The number of hydrogen-bond acceptors (Lipinski definition) is 3. The molecule has 0 aromatic heterocycles. The molecule has 0 radical (unpaired) electrons. The van der Waals surface area contributed by atoms with Crippen LogP contribution in [0.15, 0.2) is 0 Å². The van der Waals surface area contributed by atoms with Gasteiger partial charge in [-0.2, -0.15) is 0 Å². The van der Waals surface area contributed by atoms with Gasteiger partial charge in [0, 0.05) is 19.7 Å². The standard InChI is InChI=1S/C16H28N2O2.ClH/c1-10(18-15(19)14(9-17)20-2)16-6-11-3-12(7-16)5-13(4-11)8-16;/h10-14H,3-9,17H2,1-2H3,(H,18,19);1H. The Hall–Kier alpha value is -0.320. The number of methoxy groups -OCH3 is 1.